The van der Waals surface area contributed by atoms with Crippen LogP contribution in [0.15, 0.2) is 59.8 Å². The first-order chi connectivity index (χ1) is 14.0. The third kappa shape index (κ3) is 3.07. The number of anilines is 1. The van der Waals surface area contributed by atoms with Gasteiger partial charge in [-0.1, -0.05) is 24.8 Å². The summed E-state index contributed by atoms with van der Waals surface area (Å²) in [5, 5.41) is 22.6. The zero-order chi connectivity index (χ0) is 20.2. The van der Waals surface area contributed by atoms with Gasteiger partial charge in [0.05, 0.1) is 23.4 Å². The van der Waals surface area contributed by atoms with E-state index < -0.39 is 12.7 Å². The molecule has 0 bridgehead atoms. The molecule has 148 valence electrons. The Hall–Kier alpha value is -2.57. The standard InChI is InChI=1S/C23H26BN3O2/c1-4-14(11-15-12-23(2,3)29-24(15)28)22-17-8-6-5-7-16(17)21-18-13-25-27-19(18)9-10-20(21)26-22/h4,9-13,22,26,28H,1,5-8H2,2-3H3,(H,25,27)/b14-11+. The van der Waals surface area contributed by atoms with Gasteiger partial charge >= 0.3 is 7.12 Å². The van der Waals surface area contributed by atoms with Crippen LogP contribution in [0.2, 0.25) is 0 Å². The molecule has 5 nitrogen and oxygen atoms in total. The fraction of sp³-hybridized carbons (Fsp3) is 0.348. The Kier molecular flexibility index (Phi) is 4.30. The summed E-state index contributed by atoms with van der Waals surface area (Å²) in [6.45, 7) is 7.99. The van der Waals surface area contributed by atoms with Crippen molar-refractivity contribution < 1.29 is 9.68 Å². The number of H-pyrrole nitrogens is 1. The van der Waals surface area contributed by atoms with Gasteiger partial charge in [0, 0.05) is 16.6 Å². The van der Waals surface area contributed by atoms with Crippen molar-refractivity contribution in [3.8, 4) is 0 Å². The van der Waals surface area contributed by atoms with Gasteiger partial charge in [-0.25, -0.2) is 0 Å². The molecule has 1 aliphatic carbocycles. The molecule has 1 atom stereocenters. The van der Waals surface area contributed by atoms with Gasteiger partial charge in [0.2, 0.25) is 0 Å². The summed E-state index contributed by atoms with van der Waals surface area (Å²) in [6, 6.07) is 4.27. The maximum atomic E-state index is 10.3. The zero-order valence-electron chi connectivity index (χ0n) is 17.0. The van der Waals surface area contributed by atoms with Gasteiger partial charge in [-0.15, -0.1) is 0 Å². The summed E-state index contributed by atoms with van der Waals surface area (Å²) in [5.74, 6) is 0. The number of fused-ring (bicyclic) bond motifs is 4. The molecule has 1 unspecified atom stereocenters. The van der Waals surface area contributed by atoms with Crippen LogP contribution in [-0.2, 0) is 4.65 Å². The SMILES string of the molecule is C=C/C(=C\C1=CC(C)(C)OB1O)C1Nc2ccc3[nH]ncc3c2C2=C1CCCC2. The van der Waals surface area contributed by atoms with Crippen molar-refractivity contribution in [2.45, 2.75) is 51.2 Å². The largest absolute Gasteiger partial charge is 0.491 e. The minimum Gasteiger partial charge on any atom is -0.423 e. The summed E-state index contributed by atoms with van der Waals surface area (Å²) in [7, 11) is -0.902. The van der Waals surface area contributed by atoms with Gasteiger partial charge in [0.15, 0.2) is 0 Å². The molecule has 3 aliphatic rings. The Bertz CT molecular complexity index is 1090. The molecular formula is C23H26BN3O2. The average Bonchev–Trinajstić information content (AvgIpc) is 3.28. The predicted octanol–water partition coefficient (Wildman–Crippen LogP) is 4.55. The van der Waals surface area contributed by atoms with Crippen LogP contribution in [0.5, 0.6) is 0 Å². The Morgan fingerprint density at radius 3 is 2.93 bits per heavy atom. The molecule has 5 rings (SSSR count). The van der Waals surface area contributed by atoms with Gasteiger partial charge < -0.3 is 15.0 Å². The highest BCUT2D eigenvalue weighted by Crippen LogP contribution is 2.46. The number of aromatic nitrogens is 2. The number of hydrogen-bond donors (Lipinski definition) is 3. The molecule has 3 heterocycles. The minimum absolute atomic E-state index is 0.0523. The van der Waals surface area contributed by atoms with E-state index in [2.05, 4.69) is 34.2 Å². The normalized spacial score (nSPS) is 23.6. The van der Waals surface area contributed by atoms with Crippen LogP contribution in [0.25, 0.3) is 16.5 Å². The van der Waals surface area contributed by atoms with Gasteiger partial charge in [0.25, 0.3) is 0 Å². The lowest BCUT2D eigenvalue weighted by atomic mass is 9.75. The number of benzene rings is 1. The number of hydrogen-bond acceptors (Lipinski definition) is 4. The fourth-order valence-electron chi connectivity index (χ4n) is 4.95. The number of allylic oxidation sites excluding steroid dienone is 3. The van der Waals surface area contributed by atoms with Crippen LogP contribution >= 0.6 is 0 Å². The summed E-state index contributed by atoms with van der Waals surface area (Å²) in [4.78, 5) is 0. The van der Waals surface area contributed by atoms with Gasteiger partial charge in [0.1, 0.15) is 0 Å². The van der Waals surface area contributed by atoms with E-state index in [1.807, 2.05) is 38.3 Å². The number of rotatable bonds is 3. The topological polar surface area (TPSA) is 70.2 Å². The fourth-order valence-corrected chi connectivity index (χ4v) is 4.95. The quantitative estimate of drug-likeness (QED) is 0.534. The summed E-state index contributed by atoms with van der Waals surface area (Å²) in [5.41, 5.74) is 7.74. The first-order valence-electron chi connectivity index (χ1n) is 10.3. The highest BCUT2D eigenvalue weighted by atomic mass is 16.5. The molecule has 0 fully saturated rings. The lowest BCUT2D eigenvalue weighted by molar-refractivity contribution is 0.147. The van der Waals surface area contributed by atoms with Crippen molar-refractivity contribution in [3.05, 3.63) is 65.3 Å². The van der Waals surface area contributed by atoms with Crippen molar-refractivity contribution in [2.75, 3.05) is 5.32 Å². The highest BCUT2D eigenvalue weighted by molar-refractivity contribution is 6.54. The smallest absolute Gasteiger partial charge is 0.423 e. The molecule has 29 heavy (non-hydrogen) atoms. The maximum Gasteiger partial charge on any atom is 0.491 e. The van der Waals surface area contributed by atoms with Crippen LogP contribution in [0, 0.1) is 0 Å². The van der Waals surface area contributed by atoms with E-state index in [1.54, 1.807) is 0 Å². The third-order valence-corrected chi connectivity index (χ3v) is 6.20. The molecule has 0 radical (unpaired) electrons. The van der Waals surface area contributed by atoms with Crippen molar-refractivity contribution in [1.29, 1.82) is 0 Å². The van der Waals surface area contributed by atoms with E-state index in [-0.39, 0.29) is 6.04 Å². The first kappa shape index (κ1) is 18.5. The molecule has 0 saturated carbocycles. The van der Waals surface area contributed by atoms with Gasteiger partial charge in [-0.3, -0.25) is 5.10 Å². The molecule has 2 aromatic rings. The molecule has 6 heteroatoms. The molecule has 0 saturated heterocycles. The van der Waals surface area contributed by atoms with E-state index >= 15 is 0 Å². The van der Waals surface area contributed by atoms with E-state index in [0.29, 0.717) is 0 Å². The maximum absolute atomic E-state index is 10.3. The molecule has 1 aromatic heterocycles. The average molecular weight is 387 g/mol. The van der Waals surface area contributed by atoms with Crippen LogP contribution in [0.4, 0.5) is 5.69 Å². The minimum atomic E-state index is -0.902. The van der Waals surface area contributed by atoms with Crippen LogP contribution in [0.3, 0.4) is 0 Å². The van der Waals surface area contributed by atoms with Crippen LogP contribution in [0.1, 0.15) is 45.1 Å². The van der Waals surface area contributed by atoms with Crippen LogP contribution in [-0.4, -0.2) is 34.0 Å². The molecule has 0 spiro atoms. The molecule has 3 N–H and O–H groups in total. The predicted molar refractivity (Wildman–Crippen MR) is 118 cm³/mol. The third-order valence-electron chi connectivity index (χ3n) is 6.20. The van der Waals surface area contributed by atoms with Gasteiger partial charge in [-0.05, 0) is 73.9 Å². The second-order valence-corrected chi connectivity index (χ2v) is 8.67. The Morgan fingerprint density at radius 1 is 1.34 bits per heavy atom. The lowest BCUT2D eigenvalue weighted by Crippen LogP contribution is -2.30. The van der Waals surface area contributed by atoms with E-state index in [0.717, 1.165) is 35.1 Å². The lowest BCUT2D eigenvalue weighted by Gasteiger charge is -2.36. The summed E-state index contributed by atoms with van der Waals surface area (Å²) < 4.78 is 5.64. The molecule has 2 aliphatic heterocycles. The number of nitrogens with zero attached hydrogens (tertiary/aromatic N) is 1. The molecule has 0 amide bonds. The zero-order valence-corrected chi connectivity index (χ0v) is 17.0. The van der Waals surface area contributed by atoms with E-state index in [9.17, 15) is 5.02 Å². The van der Waals surface area contributed by atoms with Crippen molar-refractivity contribution in [1.82, 2.24) is 10.2 Å². The molecular weight excluding hydrogens is 361 g/mol. The highest BCUT2D eigenvalue weighted by Gasteiger charge is 2.36. The Labute approximate surface area is 171 Å². The Balaban J connectivity index is 1.63. The van der Waals surface area contributed by atoms with Crippen LogP contribution < -0.4 is 5.32 Å². The second kappa shape index (κ2) is 6.75. The van der Waals surface area contributed by atoms with Crippen molar-refractivity contribution in [2.24, 2.45) is 0 Å². The van der Waals surface area contributed by atoms with Crippen molar-refractivity contribution in [3.63, 3.8) is 0 Å². The molecule has 1 aromatic carbocycles. The summed E-state index contributed by atoms with van der Waals surface area (Å²) >= 11 is 0. The second-order valence-electron chi connectivity index (χ2n) is 8.67. The van der Waals surface area contributed by atoms with Gasteiger partial charge in [-0.2, -0.15) is 5.10 Å². The van der Waals surface area contributed by atoms with E-state index in [4.69, 9.17) is 4.65 Å². The number of nitrogens with one attached hydrogen (secondary N) is 2. The monoisotopic (exact) mass is 387 g/mol. The first-order valence-corrected chi connectivity index (χ1v) is 10.3. The van der Waals surface area contributed by atoms with Crippen molar-refractivity contribution >= 4 is 29.3 Å². The van der Waals surface area contributed by atoms with E-state index in [1.165, 1.54) is 34.9 Å². The summed E-state index contributed by atoms with van der Waals surface area (Å²) in [6.07, 6.45) is 12.4. The Morgan fingerprint density at radius 2 is 2.17 bits per heavy atom. The number of aromatic amines is 1.